The number of halogens is 1. The molecule has 84 valence electrons. The second kappa shape index (κ2) is 5.32. The highest BCUT2D eigenvalue weighted by molar-refractivity contribution is 7.09. The van der Waals surface area contributed by atoms with Crippen molar-refractivity contribution in [3.8, 4) is 5.75 Å². The van der Waals surface area contributed by atoms with E-state index in [9.17, 15) is 0 Å². The number of aryl methyl sites for hydroxylation is 1. The molecule has 0 aliphatic rings. The summed E-state index contributed by atoms with van der Waals surface area (Å²) < 4.78 is 5.60. The van der Waals surface area contributed by atoms with Crippen LogP contribution in [0.25, 0.3) is 0 Å². The summed E-state index contributed by atoms with van der Waals surface area (Å²) in [7, 11) is 0. The monoisotopic (exact) mass is 253 g/mol. The maximum Gasteiger partial charge on any atom is 0.140 e. The summed E-state index contributed by atoms with van der Waals surface area (Å²) in [5.74, 6) is 0.717. The molecule has 2 aromatic rings. The Balaban J connectivity index is 2.04. The molecule has 0 spiro atoms. The second-order valence-corrected chi connectivity index (χ2v) is 4.72. The van der Waals surface area contributed by atoms with Crippen LogP contribution in [0.2, 0.25) is 5.02 Å². The lowest BCUT2D eigenvalue weighted by atomic mass is 10.2. The van der Waals surface area contributed by atoms with Crippen LogP contribution in [-0.4, -0.2) is 4.98 Å². The van der Waals surface area contributed by atoms with Crippen LogP contribution in [0.4, 0.5) is 0 Å². The van der Waals surface area contributed by atoms with Gasteiger partial charge in [-0.3, -0.25) is 0 Å². The van der Waals surface area contributed by atoms with Gasteiger partial charge in [-0.1, -0.05) is 24.6 Å². The molecule has 0 aliphatic heterocycles. The molecule has 0 radical (unpaired) electrons. The smallest absolute Gasteiger partial charge is 0.140 e. The molecule has 1 aromatic carbocycles. The van der Waals surface area contributed by atoms with Gasteiger partial charge in [-0.25, -0.2) is 4.98 Å². The van der Waals surface area contributed by atoms with Gasteiger partial charge in [0.2, 0.25) is 0 Å². The van der Waals surface area contributed by atoms with Crippen LogP contribution in [0, 0.1) is 0 Å². The third kappa shape index (κ3) is 2.74. The fraction of sp³-hybridized carbons (Fsp3) is 0.250. The van der Waals surface area contributed by atoms with Crippen LogP contribution in [0.5, 0.6) is 5.75 Å². The zero-order chi connectivity index (χ0) is 11.4. The number of thiazole rings is 1. The molecule has 0 amide bonds. The summed E-state index contributed by atoms with van der Waals surface area (Å²) in [6, 6.07) is 5.89. The van der Waals surface area contributed by atoms with Gasteiger partial charge in [0.25, 0.3) is 0 Å². The van der Waals surface area contributed by atoms with Crippen molar-refractivity contribution in [2.75, 3.05) is 0 Å². The van der Waals surface area contributed by atoms with Crippen LogP contribution < -0.4 is 4.74 Å². The van der Waals surface area contributed by atoms with E-state index in [0.29, 0.717) is 17.4 Å². The first-order chi connectivity index (χ1) is 7.79. The van der Waals surface area contributed by atoms with E-state index < -0.39 is 0 Å². The zero-order valence-corrected chi connectivity index (χ0v) is 10.5. The number of aromatic nitrogens is 1. The first-order valence-electron chi connectivity index (χ1n) is 5.09. The molecular formula is C12H12ClNOS. The van der Waals surface area contributed by atoms with Crippen molar-refractivity contribution in [3.63, 3.8) is 0 Å². The topological polar surface area (TPSA) is 22.1 Å². The number of nitrogens with zero attached hydrogens (tertiary/aromatic N) is 1. The van der Waals surface area contributed by atoms with E-state index in [0.717, 1.165) is 11.4 Å². The van der Waals surface area contributed by atoms with Gasteiger partial charge in [-0.05, 0) is 24.1 Å². The molecule has 0 unspecified atom stereocenters. The summed E-state index contributed by atoms with van der Waals surface area (Å²) in [5.41, 5.74) is 1.21. The van der Waals surface area contributed by atoms with Crippen LogP contribution >= 0.6 is 22.9 Å². The predicted octanol–water partition coefficient (Wildman–Crippen LogP) is 3.94. The van der Waals surface area contributed by atoms with Crippen molar-refractivity contribution in [3.05, 3.63) is 45.4 Å². The summed E-state index contributed by atoms with van der Waals surface area (Å²) >= 11 is 7.68. The Bertz CT molecular complexity index is 456. The highest BCUT2D eigenvalue weighted by atomic mass is 35.5. The molecule has 0 aliphatic carbocycles. The molecule has 1 heterocycles. The van der Waals surface area contributed by atoms with Gasteiger partial charge in [-0.2, -0.15) is 0 Å². The lowest BCUT2D eigenvalue weighted by molar-refractivity contribution is 0.305. The Kier molecular flexibility index (Phi) is 3.80. The fourth-order valence-corrected chi connectivity index (χ4v) is 2.13. The van der Waals surface area contributed by atoms with Gasteiger partial charge in [0.15, 0.2) is 0 Å². The molecule has 0 saturated carbocycles. The van der Waals surface area contributed by atoms with E-state index in [2.05, 4.69) is 11.9 Å². The van der Waals surface area contributed by atoms with Gasteiger partial charge in [0.05, 0.1) is 5.02 Å². The van der Waals surface area contributed by atoms with Crippen LogP contribution in [0.15, 0.2) is 29.8 Å². The molecule has 0 saturated heterocycles. The third-order valence-corrected chi connectivity index (χ3v) is 3.29. The van der Waals surface area contributed by atoms with Gasteiger partial charge in [0.1, 0.15) is 17.4 Å². The van der Waals surface area contributed by atoms with Gasteiger partial charge in [-0.15, -0.1) is 11.3 Å². The van der Waals surface area contributed by atoms with Crippen molar-refractivity contribution >= 4 is 22.9 Å². The quantitative estimate of drug-likeness (QED) is 0.824. The molecule has 4 heteroatoms. The molecule has 1 aromatic heterocycles. The largest absolute Gasteiger partial charge is 0.485 e. The van der Waals surface area contributed by atoms with Crippen molar-refractivity contribution in [2.24, 2.45) is 0 Å². The van der Waals surface area contributed by atoms with E-state index in [-0.39, 0.29) is 0 Å². The Morgan fingerprint density at radius 3 is 2.94 bits per heavy atom. The first-order valence-corrected chi connectivity index (χ1v) is 6.35. The molecule has 16 heavy (non-hydrogen) atoms. The standard InChI is InChI=1S/C12H12ClNOS/c1-2-9-3-4-11(10(13)7-9)15-8-12-14-5-6-16-12/h3-7H,2,8H2,1H3. The van der Waals surface area contributed by atoms with Crippen molar-refractivity contribution in [1.82, 2.24) is 4.98 Å². The summed E-state index contributed by atoms with van der Waals surface area (Å²) in [6.07, 6.45) is 2.75. The normalized spacial score (nSPS) is 10.4. The van der Waals surface area contributed by atoms with Gasteiger partial charge < -0.3 is 4.74 Å². The minimum absolute atomic E-state index is 0.475. The van der Waals surface area contributed by atoms with Gasteiger partial charge >= 0.3 is 0 Å². The molecule has 0 N–H and O–H groups in total. The van der Waals surface area contributed by atoms with Crippen molar-refractivity contribution in [2.45, 2.75) is 20.0 Å². The van der Waals surface area contributed by atoms with Crippen LogP contribution in [0.1, 0.15) is 17.5 Å². The van der Waals surface area contributed by atoms with E-state index in [4.69, 9.17) is 16.3 Å². The Hall–Kier alpha value is -1.06. The minimum atomic E-state index is 0.475. The molecule has 0 bridgehead atoms. The van der Waals surface area contributed by atoms with Crippen LogP contribution in [-0.2, 0) is 13.0 Å². The molecule has 2 nitrogen and oxygen atoms in total. The summed E-state index contributed by atoms with van der Waals surface area (Å²) in [5, 5.41) is 3.55. The molecule has 2 rings (SSSR count). The number of benzene rings is 1. The number of hydrogen-bond donors (Lipinski definition) is 0. The minimum Gasteiger partial charge on any atom is -0.485 e. The SMILES string of the molecule is CCc1ccc(OCc2nccs2)c(Cl)c1. The number of hydrogen-bond acceptors (Lipinski definition) is 3. The summed E-state index contributed by atoms with van der Waals surface area (Å²) in [6.45, 7) is 2.57. The van der Waals surface area contributed by atoms with Gasteiger partial charge in [0, 0.05) is 11.6 Å². The predicted molar refractivity (Wildman–Crippen MR) is 67.3 cm³/mol. The highest BCUT2D eigenvalue weighted by Gasteiger charge is 2.03. The lowest BCUT2D eigenvalue weighted by Crippen LogP contribution is -1.95. The Morgan fingerprint density at radius 2 is 2.31 bits per heavy atom. The maximum atomic E-state index is 6.11. The lowest BCUT2D eigenvalue weighted by Gasteiger charge is -2.07. The average molecular weight is 254 g/mol. The van der Waals surface area contributed by atoms with Crippen molar-refractivity contribution in [1.29, 1.82) is 0 Å². The van der Waals surface area contributed by atoms with E-state index in [1.807, 2.05) is 23.6 Å². The number of ether oxygens (including phenoxy) is 1. The highest BCUT2D eigenvalue weighted by Crippen LogP contribution is 2.26. The Labute approximate surface area is 104 Å². The zero-order valence-electron chi connectivity index (χ0n) is 8.94. The molecule has 0 fully saturated rings. The average Bonchev–Trinajstić information content (AvgIpc) is 2.80. The van der Waals surface area contributed by atoms with E-state index >= 15 is 0 Å². The first kappa shape index (κ1) is 11.4. The fourth-order valence-electron chi connectivity index (χ4n) is 1.35. The maximum absolute atomic E-state index is 6.11. The molecule has 0 atom stereocenters. The molecular weight excluding hydrogens is 242 g/mol. The second-order valence-electron chi connectivity index (χ2n) is 3.33. The van der Waals surface area contributed by atoms with E-state index in [1.165, 1.54) is 5.56 Å². The summed E-state index contributed by atoms with van der Waals surface area (Å²) in [4.78, 5) is 4.15. The number of rotatable bonds is 4. The Morgan fingerprint density at radius 1 is 1.44 bits per heavy atom. The van der Waals surface area contributed by atoms with Crippen molar-refractivity contribution < 1.29 is 4.74 Å². The van der Waals surface area contributed by atoms with Crippen LogP contribution in [0.3, 0.4) is 0 Å². The third-order valence-electron chi connectivity index (χ3n) is 2.24. The van der Waals surface area contributed by atoms with E-state index in [1.54, 1.807) is 17.5 Å².